The Morgan fingerprint density at radius 1 is 1.67 bits per heavy atom. The van der Waals surface area contributed by atoms with E-state index >= 15 is 0 Å². The fraction of sp³-hybridized carbons (Fsp3) is 0.750. The van der Waals surface area contributed by atoms with Crippen LogP contribution in [0.25, 0.3) is 0 Å². The number of nitrogens with two attached hydrogens (primary N) is 1. The van der Waals surface area contributed by atoms with E-state index in [1.807, 2.05) is 0 Å². The topological polar surface area (TPSA) is 72.2 Å². The van der Waals surface area contributed by atoms with E-state index in [1.54, 1.807) is 0 Å². The summed E-state index contributed by atoms with van der Waals surface area (Å²) in [5.74, 6) is 0.169. The standard InChI is InChI=1S/C8H14N2O2/c9-7(11)2-1-6-3-4-10-8(12)5-6/h6H,1-5H2,(H2,9,11)(H,10,12). The van der Waals surface area contributed by atoms with E-state index in [4.69, 9.17) is 5.73 Å². The summed E-state index contributed by atoms with van der Waals surface area (Å²) in [6.07, 6.45) is 2.67. The molecule has 2 amide bonds. The molecule has 4 heteroatoms. The van der Waals surface area contributed by atoms with Crippen molar-refractivity contribution in [2.75, 3.05) is 6.54 Å². The maximum absolute atomic E-state index is 10.9. The molecule has 1 atom stereocenters. The highest BCUT2D eigenvalue weighted by Gasteiger charge is 2.18. The van der Waals surface area contributed by atoms with Crippen LogP contribution in [0.2, 0.25) is 0 Å². The molecule has 68 valence electrons. The summed E-state index contributed by atoms with van der Waals surface area (Å²) in [5.41, 5.74) is 5.00. The third-order valence-corrected chi connectivity index (χ3v) is 2.15. The lowest BCUT2D eigenvalue weighted by Crippen LogP contribution is -2.33. The van der Waals surface area contributed by atoms with Gasteiger partial charge in [0.25, 0.3) is 0 Å². The van der Waals surface area contributed by atoms with E-state index in [9.17, 15) is 9.59 Å². The molecule has 0 aromatic rings. The maximum atomic E-state index is 10.9. The second kappa shape index (κ2) is 4.09. The molecular weight excluding hydrogens is 156 g/mol. The van der Waals surface area contributed by atoms with Crippen molar-refractivity contribution in [3.05, 3.63) is 0 Å². The highest BCUT2D eigenvalue weighted by molar-refractivity contribution is 5.77. The molecule has 3 N–H and O–H groups in total. The smallest absolute Gasteiger partial charge is 0.220 e. The van der Waals surface area contributed by atoms with Gasteiger partial charge < -0.3 is 11.1 Å². The van der Waals surface area contributed by atoms with Gasteiger partial charge in [-0.3, -0.25) is 9.59 Å². The van der Waals surface area contributed by atoms with Crippen LogP contribution < -0.4 is 11.1 Å². The zero-order chi connectivity index (χ0) is 8.97. The zero-order valence-corrected chi connectivity index (χ0v) is 7.01. The monoisotopic (exact) mass is 170 g/mol. The van der Waals surface area contributed by atoms with Crippen LogP contribution in [-0.2, 0) is 9.59 Å². The minimum absolute atomic E-state index is 0.0933. The second-order valence-corrected chi connectivity index (χ2v) is 3.21. The maximum Gasteiger partial charge on any atom is 0.220 e. The number of carbonyl (C=O) groups is 2. The lowest BCUT2D eigenvalue weighted by Gasteiger charge is -2.21. The Bertz CT molecular complexity index is 191. The molecule has 0 aromatic heterocycles. The van der Waals surface area contributed by atoms with Gasteiger partial charge in [0.15, 0.2) is 0 Å². The van der Waals surface area contributed by atoms with Crippen LogP contribution in [0.1, 0.15) is 25.7 Å². The first kappa shape index (κ1) is 9.03. The van der Waals surface area contributed by atoms with Gasteiger partial charge in [-0.05, 0) is 18.8 Å². The van der Waals surface area contributed by atoms with Gasteiger partial charge in [-0.15, -0.1) is 0 Å². The summed E-state index contributed by atoms with van der Waals surface area (Å²) in [5, 5.41) is 2.74. The zero-order valence-electron chi connectivity index (χ0n) is 7.01. The van der Waals surface area contributed by atoms with Crippen molar-refractivity contribution in [2.45, 2.75) is 25.7 Å². The molecule has 0 aliphatic carbocycles. The molecule has 0 radical (unpaired) electrons. The molecule has 0 bridgehead atoms. The highest BCUT2D eigenvalue weighted by Crippen LogP contribution is 2.17. The molecule has 1 aliphatic heterocycles. The van der Waals surface area contributed by atoms with Gasteiger partial charge in [0, 0.05) is 19.4 Å². The molecule has 1 heterocycles. The first-order valence-electron chi connectivity index (χ1n) is 4.23. The minimum Gasteiger partial charge on any atom is -0.370 e. The van der Waals surface area contributed by atoms with Crippen molar-refractivity contribution in [1.29, 1.82) is 0 Å². The van der Waals surface area contributed by atoms with Gasteiger partial charge in [0.1, 0.15) is 0 Å². The van der Waals surface area contributed by atoms with Gasteiger partial charge in [-0.25, -0.2) is 0 Å². The molecule has 1 fully saturated rings. The van der Waals surface area contributed by atoms with E-state index in [2.05, 4.69) is 5.32 Å². The largest absolute Gasteiger partial charge is 0.370 e. The normalized spacial score (nSPS) is 23.3. The van der Waals surface area contributed by atoms with Crippen LogP contribution in [0.5, 0.6) is 0 Å². The molecular formula is C8H14N2O2. The van der Waals surface area contributed by atoms with Gasteiger partial charge >= 0.3 is 0 Å². The third-order valence-electron chi connectivity index (χ3n) is 2.15. The summed E-state index contributed by atoms with van der Waals surface area (Å²) < 4.78 is 0. The molecule has 0 saturated carbocycles. The molecule has 1 unspecified atom stereocenters. The second-order valence-electron chi connectivity index (χ2n) is 3.21. The summed E-state index contributed by atoms with van der Waals surface area (Å²) in [7, 11) is 0. The molecule has 4 nitrogen and oxygen atoms in total. The van der Waals surface area contributed by atoms with Crippen molar-refractivity contribution < 1.29 is 9.59 Å². The highest BCUT2D eigenvalue weighted by atomic mass is 16.2. The van der Waals surface area contributed by atoms with Gasteiger partial charge in [-0.2, -0.15) is 0 Å². The van der Waals surface area contributed by atoms with Crippen LogP contribution in [0.15, 0.2) is 0 Å². The average Bonchev–Trinajstić information content (AvgIpc) is 2.01. The van der Waals surface area contributed by atoms with E-state index in [1.165, 1.54) is 0 Å². The Morgan fingerprint density at radius 2 is 2.42 bits per heavy atom. The van der Waals surface area contributed by atoms with Gasteiger partial charge in [-0.1, -0.05) is 0 Å². The van der Waals surface area contributed by atoms with Crippen molar-refractivity contribution in [3.8, 4) is 0 Å². The van der Waals surface area contributed by atoms with Crippen LogP contribution in [-0.4, -0.2) is 18.4 Å². The molecule has 12 heavy (non-hydrogen) atoms. The Kier molecular flexibility index (Phi) is 3.08. The van der Waals surface area contributed by atoms with Crippen molar-refractivity contribution >= 4 is 11.8 Å². The number of piperidine rings is 1. The molecule has 1 aliphatic rings. The third kappa shape index (κ3) is 2.90. The predicted octanol–water partition coefficient (Wildman–Crippen LogP) is -0.222. The van der Waals surface area contributed by atoms with Crippen molar-refractivity contribution in [3.63, 3.8) is 0 Å². The number of nitrogens with one attached hydrogen (secondary N) is 1. The molecule has 0 spiro atoms. The summed E-state index contributed by atoms with van der Waals surface area (Å²) >= 11 is 0. The number of hydrogen-bond donors (Lipinski definition) is 2. The van der Waals surface area contributed by atoms with E-state index < -0.39 is 0 Å². The summed E-state index contributed by atoms with van der Waals surface area (Å²) in [6.45, 7) is 0.738. The van der Waals surface area contributed by atoms with Crippen molar-refractivity contribution in [1.82, 2.24) is 5.32 Å². The number of rotatable bonds is 3. The SMILES string of the molecule is NC(=O)CCC1CCNC(=O)C1. The van der Waals surface area contributed by atoms with Crippen molar-refractivity contribution in [2.24, 2.45) is 11.7 Å². The van der Waals surface area contributed by atoms with Gasteiger partial charge in [0.05, 0.1) is 0 Å². The van der Waals surface area contributed by atoms with Crippen LogP contribution in [0.3, 0.4) is 0 Å². The van der Waals surface area contributed by atoms with Crippen LogP contribution >= 0.6 is 0 Å². The summed E-state index contributed by atoms with van der Waals surface area (Å²) in [6, 6.07) is 0. The number of amides is 2. The Balaban J connectivity index is 2.23. The number of primary amides is 1. The fourth-order valence-corrected chi connectivity index (χ4v) is 1.44. The lowest BCUT2D eigenvalue weighted by atomic mass is 9.93. The van der Waals surface area contributed by atoms with Crippen LogP contribution in [0, 0.1) is 5.92 Å². The quantitative estimate of drug-likeness (QED) is 0.614. The molecule has 1 saturated heterocycles. The lowest BCUT2D eigenvalue weighted by molar-refractivity contribution is -0.124. The predicted molar refractivity (Wildman–Crippen MR) is 44.2 cm³/mol. The van der Waals surface area contributed by atoms with Gasteiger partial charge in [0.2, 0.25) is 11.8 Å². The fourth-order valence-electron chi connectivity index (χ4n) is 1.44. The number of carbonyl (C=O) groups excluding carboxylic acids is 2. The first-order chi connectivity index (χ1) is 5.68. The Labute approximate surface area is 71.5 Å². The van der Waals surface area contributed by atoms with E-state index in [0.717, 1.165) is 19.4 Å². The molecule has 1 rings (SSSR count). The molecule has 0 aromatic carbocycles. The van der Waals surface area contributed by atoms with E-state index in [0.29, 0.717) is 18.8 Å². The number of hydrogen-bond acceptors (Lipinski definition) is 2. The Morgan fingerprint density at radius 3 is 3.00 bits per heavy atom. The summed E-state index contributed by atoms with van der Waals surface area (Å²) in [4.78, 5) is 21.3. The average molecular weight is 170 g/mol. The van der Waals surface area contributed by atoms with Crippen LogP contribution in [0.4, 0.5) is 0 Å². The Hall–Kier alpha value is -1.06. The minimum atomic E-state index is -0.277. The first-order valence-corrected chi connectivity index (χ1v) is 4.23. The van der Waals surface area contributed by atoms with E-state index in [-0.39, 0.29) is 11.8 Å².